The minimum atomic E-state index is -0.419. The quantitative estimate of drug-likeness (QED) is 0.698. The van der Waals surface area contributed by atoms with Crippen molar-refractivity contribution in [1.29, 1.82) is 0 Å². The summed E-state index contributed by atoms with van der Waals surface area (Å²) in [5.74, 6) is 1.09. The van der Waals surface area contributed by atoms with Crippen LogP contribution in [0.1, 0.15) is 15.9 Å². The second kappa shape index (κ2) is 8.77. The zero-order valence-electron chi connectivity index (χ0n) is 16.9. The van der Waals surface area contributed by atoms with Gasteiger partial charge in [-0.2, -0.15) is 0 Å². The molecular formula is C22H24N6O2. The number of hydrogen-bond donors (Lipinski definition) is 1. The standard InChI is InChI=1S/C22H24N6O2/c1-26(16-17-7-3-2-4-8-17)21(30)18-15-24-22(25-20(18)29)28-13-11-27(12-14-28)19-9-5-6-10-23-19/h2-10,15H,11-14,16H2,1H3,(H,24,25,29). The number of pyridine rings is 1. The van der Waals surface area contributed by atoms with Crippen LogP contribution >= 0.6 is 0 Å². The Labute approximate surface area is 174 Å². The highest BCUT2D eigenvalue weighted by Crippen LogP contribution is 2.15. The number of carbonyl (C=O) groups excluding carboxylic acids is 1. The summed E-state index contributed by atoms with van der Waals surface area (Å²) < 4.78 is 0. The Morgan fingerprint density at radius 2 is 1.70 bits per heavy atom. The van der Waals surface area contributed by atoms with E-state index in [2.05, 4.69) is 19.9 Å². The van der Waals surface area contributed by atoms with Crippen LogP contribution in [-0.2, 0) is 6.54 Å². The zero-order valence-corrected chi connectivity index (χ0v) is 16.9. The van der Waals surface area contributed by atoms with Gasteiger partial charge in [0.25, 0.3) is 11.5 Å². The van der Waals surface area contributed by atoms with Crippen LogP contribution in [-0.4, -0.2) is 59.0 Å². The number of benzene rings is 1. The zero-order chi connectivity index (χ0) is 20.9. The van der Waals surface area contributed by atoms with Crippen LogP contribution in [0.5, 0.6) is 0 Å². The van der Waals surface area contributed by atoms with Crippen LogP contribution in [0.25, 0.3) is 0 Å². The van der Waals surface area contributed by atoms with E-state index in [-0.39, 0.29) is 11.5 Å². The second-order valence-electron chi connectivity index (χ2n) is 7.26. The van der Waals surface area contributed by atoms with Crippen LogP contribution in [0.2, 0.25) is 0 Å². The van der Waals surface area contributed by atoms with E-state index in [9.17, 15) is 9.59 Å². The number of amides is 1. The molecule has 8 heteroatoms. The van der Waals surface area contributed by atoms with Gasteiger partial charge in [0.1, 0.15) is 11.4 Å². The highest BCUT2D eigenvalue weighted by molar-refractivity contribution is 5.93. The van der Waals surface area contributed by atoms with Gasteiger partial charge in [0.05, 0.1) is 0 Å². The van der Waals surface area contributed by atoms with E-state index in [1.165, 1.54) is 11.1 Å². The number of H-pyrrole nitrogens is 1. The number of aromatic nitrogens is 3. The molecule has 1 N–H and O–H groups in total. The number of nitrogens with zero attached hydrogens (tertiary/aromatic N) is 5. The molecule has 0 spiro atoms. The molecule has 2 aromatic heterocycles. The fourth-order valence-electron chi connectivity index (χ4n) is 3.52. The van der Waals surface area contributed by atoms with Gasteiger partial charge in [-0.1, -0.05) is 36.4 Å². The van der Waals surface area contributed by atoms with Gasteiger partial charge in [-0.25, -0.2) is 9.97 Å². The maximum atomic E-state index is 12.7. The molecule has 1 amide bonds. The smallest absolute Gasteiger partial charge is 0.265 e. The lowest BCUT2D eigenvalue weighted by Crippen LogP contribution is -2.48. The number of hydrogen-bond acceptors (Lipinski definition) is 6. The first-order valence-corrected chi connectivity index (χ1v) is 9.91. The summed E-state index contributed by atoms with van der Waals surface area (Å²) in [5, 5.41) is 0. The predicted molar refractivity (Wildman–Crippen MR) is 116 cm³/mol. The summed E-state index contributed by atoms with van der Waals surface area (Å²) in [6, 6.07) is 15.5. The minimum Gasteiger partial charge on any atom is -0.353 e. The number of nitrogens with one attached hydrogen (secondary N) is 1. The Bertz CT molecular complexity index is 1050. The van der Waals surface area contributed by atoms with Crippen molar-refractivity contribution >= 4 is 17.7 Å². The van der Waals surface area contributed by atoms with Crippen LogP contribution in [0.15, 0.2) is 65.7 Å². The van der Waals surface area contributed by atoms with Crippen molar-refractivity contribution in [3.05, 3.63) is 82.4 Å². The van der Waals surface area contributed by atoms with Gasteiger partial charge in [0, 0.05) is 52.2 Å². The van der Waals surface area contributed by atoms with Crippen LogP contribution < -0.4 is 15.4 Å². The molecule has 0 aliphatic carbocycles. The maximum absolute atomic E-state index is 12.7. The highest BCUT2D eigenvalue weighted by atomic mass is 16.2. The Hall–Kier alpha value is -3.68. The predicted octanol–water partition coefficient (Wildman–Crippen LogP) is 1.76. The first-order valence-electron chi connectivity index (χ1n) is 9.91. The number of carbonyl (C=O) groups is 1. The van der Waals surface area contributed by atoms with E-state index in [1.54, 1.807) is 13.2 Å². The molecule has 154 valence electrons. The number of aromatic amines is 1. The molecule has 30 heavy (non-hydrogen) atoms. The molecule has 3 heterocycles. The largest absolute Gasteiger partial charge is 0.353 e. The number of piperazine rings is 1. The highest BCUT2D eigenvalue weighted by Gasteiger charge is 2.22. The van der Waals surface area contributed by atoms with Gasteiger partial charge >= 0.3 is 0 Å². The summed E-state index contributed by atoms with van der Waals surface area (Å²) in [4.78, 5) is 42.5. The van der Waals surface area contributed by atoms with Crippen molar-refractivity contribution < 1.29 is 4.79 Å². The van der Waals surface area contributed by atoms with Crippen molar-refractivity contribution in [2.24, 2.45) is 0 Å². The van der Waals surface area contributed by atoms with Gasteiger partial charge in [-0.05, 0) is 17.7 Å². The van der Waals surface area contributed by atoms with E-state index in [1.807, 2.05) is 53.4 Å². The summed E-state index contributed by atoms with van der Waals surface area (Å²) >= 11 is 0. The van der Waals surface area contributed by atoms with Gasteiger partial charge < -0.3 is 14.7 Å². The molecule has 0 radical (unpaired) electrons. The lowest BCUT2D eigenvalue weighted by molar-refractivity contribution is 0.0783. The van der Waals surface area contributed by atoms with Gasteiger partial charge in [-0.15, -0.1) is 0 Å². The number of anilines is 2. The van der Waals surface area contributed by atoms with Gasteiger partial charge in [0.15, 0.2) is 0 Å². The molecular weight excluding hydrogens is 380 g/mol. The molecule has 0 bridgehead atoms. The Morgan fingerprint density at radius 1 is 1.00 bits per heavy atom. The summed E-state index contributed by atoms with van der Waals surface area (Å²) in [5.41, 5.74) is 0.626. The lowest BCUT2D eigenvalue weighted by atomic mass is 10.2. The Kier molecular flexibility index (Phi) is 5.74. The van der Waals surface area contributed by atoms with Crippen LogP contribution in [0, 0.1) is 0 Å². The third-order valence-corrected chi connectivity index (χ3v) is 5.18. The van der Waals surface area contributed by atoms with Crippen molar-refractivity contribution in [1.82, 2.24) is 19.9 Å². The molecule has 4 rings (SSSR count). The van der Waals surface area contributed by atoms with Crippen molar-refractivity contribution in [2.75, 3.05) is 43.0 Å². The summed E-state index contributed by atoms with van der Waals surface area (Å²) in [6.07, 6.45) is 3.16. The van der Waals surface area contributed by atoms with E-state index < -0.39 is 5.56 Å². The lowest BCUT2D eigenvalue weighted by Gasteiger charge is -2.35. The van der Waals surface area contributed by atoms with E-state index in [0.717, 1.165) is 24.5 Å². The molecule has 0 atom stereocenters. The third-order valence-electron chi connectivity index (χ3n) is 5.18. The SMILES string of the molecule is CN(Cc1ccccc1)C(=O)c1cnc(N2CCN(c3ccccn3)CC2)[nH]c1=O. The van der Waals surface area contributed by atoms with E-state index in [4.69, 9.17) is 0 Å². The fraction of sp³-hybridized carbons (Fsp3) is 0.273. The average molecular weight is 404 g/mol. The Balaban J connectivity index is 1.41. The fourth-order valence-corrected chi connectivity index (χ4v) is 3.52. The molecule has 0 unspecified atom stereocenters. The molecule has 1 saturated heterocycles. The normalized spacial score (nSPS) is 13.9. The third kappa shape index (κ3) is 4.32. The summed E-state index contributed by atoms with van der Waals surface area (Å²) in [7, 11) is 1.68. The van der Waals surface area contributed by atoms with Gasteiger partial charge in [0.2, 0.25) is 5.95 Å². The molecule has 1 aromatic carbocycles. The first kappa shape index (κ1) is 19.6. The topological polar surface area (TPSA) is 85.4 Å². The van der Waals surface area contributed by atoms with Crippen molar-refractivity contribution in [2.45, 2.75) is 6.54 Å². The molecule has 1 fully saturated rings. The molecule has 8 nitrogen and oxygen atoms in total. The molecule has 1 aliphatic rings. The first-order chi connectivity index (χ1) is 14.6. The molecule has 3 aromatic rings. The summed E-state index contributed by atoms with van der Waals surface area (Å²) in [6.45, 7) is 3.40. The maximum Gasteiger partial charge on any atom is 0.265 e. The van der Waals surface area contributed by atoms with Crippen molar-refractivity contribution in [3.63, 3.8) is 0 Å². The van der Waals surface area contributed by atoms with Crippen molar-refractivity contribution in [3.8, 4) is 0 Å². The molecule has 1 aliphatic heterocycles. The monoisotopic (exact) mass is 404 g/mol. The van der Waals surface area contributed by atoms with Gasteiger partial charge in [-0.3, -0.25) is 14.6 Å². The van der Waals surface area contributed by atoms with E-state index in [0.29, 0.717) is 25.6 Å². The average Bonchev–Trinajstić information content (AvgIpc) is 2.80. The second-order valence-corrected chi connectivity index (χ2v) is 7.26. The molecule has 0 saturated carbocycles. The van der Waals surface area contributed by atoms with E-state index >= 15 is 0 Å². The minimum absolute atomic E-state index is 0.0457. The van der Waals surface area contributed by atoms with Crippen LogP contribution in [0.3, 0.4) is 0 Å². The number of rotatable bonds is 5. The van der Waals surface area contributed by atoms with Crippen LogP contribution in [0.4, 0.5) is 11.8 Å². The Morgan fingerprint density at radius 3 is 2.37 bits per heavy atom.